The Morgan fingerprint density at radius 3 is 2.71 bits per heavy atom. The van der Waals surface area contributed by atoms with Crippen molar-refractivity contribution in [3.05, 3.63) is 46.0 Å². The molecule has 1 aromatic heterocycles. The summed E-state index contributed by atoms with van der Waals surface area (Å²) in [5, 5.41) is 7.93. The third-order valence-electron chi connectivity index (χ3n) is 3.58. The lowest BCUT2D eigenvalue weighted by Crippen LogP contribution is -2.22. The number of nitrogens with zero attached hydrogens (tertiary/aromatic N) is 2. The summed E-state index contributed by atoms with van der Waals surface area (Å²) in [6.07, 6.45) is 2.30. The van der Waals surface area contributed by atoms with Crippen molar-refractivity contribution in [1.82, 2.24) is 14.9 Å². The first-order valence-electron chi connectivity index (χ1n) is 7.81. The summed E-state index contributed by atoms with van der Waals surface area (Å²) >= 11 is 1.52. The van der Waals surface area contributed by atoms with Crippen molar-refractivity contribution in [1.29, 1.82) is 0 Å². The predicted octanol–water partition coefficient (Wildman–Crippen LogP) is 4.31. The van der Waals surface area contributed by atoms with E-state index in [2.05, 4.69) is 66.9 Å². The molecule has 0 radical (unpaired) electrons. The lowest BCUT2D eigenvalue weighted by atomic mass is 9.97. The normalized spacial score (nSPS) is 12.8. The van der Waals surface area contributed by atoms with E-state index in [-0.39, 0.29) is 6.04 Å². The molecule has 0 spiro atoms. The van der Waals surface area contributed by atoms with Gasteiger partial charge in [0.1, 0.15) is 0 Å². The molecule has 1 atom stereocenters. The van der Waals surface area contributed by atoms with Crippen LogP contribution in [-0.2, 0) is 6.42 Å². The van der Waals surface area contributed by atoms with Gasteiger partial charge in [-0.2, -0.15) is 0 Å². The van der Waals surface area contributed by atoms with Crippen LogP contribution in [0.5, 0.6) is 0 Å². The van der Waals surface area contributed by atoms with E-state index in [9.17, 15) is 0 Å². The van der Waals surface area contributed by atoms with Crippen LogP contribution in [0.4, 0.5) is 0 Å². The number of rotatable bonds is 7. The highest BCUT2D eigenvalue weighted by atomic mass is 32.1. The van der Waals surface area contributed by atoms with Gasteiger partial charge in [0, 0.05) is 0 Å². The molecule has 3 nitrogen and oxygen atoms in total. The van der Waals surface area contributed by atoms with E-state index < -0.39 is 0 Å². The second kappa shape index (κ2) is 7.66. The molecule has 0 aliphatic carbocycles. The Labute approximate surface area is 132 Å². The summed E-state index contributed by atoms with van der Waals surface area (Å²) in [6, 6.07) is 9.10. The smallest absolute Gasteiger partial charge is 0.0832 e. The Bertz CT molecular complexity index is 563. The molecule has 1 N–H and O–H groups in total. The minimum absolute atomic E-state index is 0.198. The molecular formula is C17H25N3S. The van der Waals surface area contributed by atoms with Gasteiger partial charge < -0.3 is 5.32 Å². The molecule has 21 heavy (non-hydrogen) atoms. The maximum atomic E-state index is 4.33. The van der Waals surface area contributed by atoms with Crippen LogP contribution in [0.3, 0.4) is 0 Å². The van der Waals surface area contributed by atoms with Crippen molar-refractivity contribution in [3.8, 4) is 0 Å². The summed E-state index contributed by atoms with van der Waals surface area (Å²) in [4.78, 5) is 1.25. The average Bonchev–Trinajstić information content (AvgIpc) is 2.94. The molecule has 0 saturated heterocycles. The van der Waals surface area contributed by atoms with E-state index in [1.165, 1.54) is 34.0 Å². The van der Waals surface area contributed by atoms with Gasteiger partial charge in [0.25, 0.3) is 0 Å². The van der Waals surface area contributed by atoms with Gasteiger partial charge in [-0.15, -0.1) is 5.10 Å². The molecule has 1 aromatic carbocycles. The third kappa shape index (κ3) is 3.89. The SMILES string of the molecule is CCCc1cccc(C(NCC)c2snnc2C(C)C)c1. The summed E-state index contributed by atoms with van der Waals surface area (Å²) < 4.78 is 4.18. The molecule has 0 saturated carbocycles. The predicted molar refractivity (Wildman–Crippen MR) is 90.0 cm³/mol. The fourth-order valence-corrected chi connectivity index (χ4v) is 3.50. The van der Waals surface area contributed by atoms with Crippen LogP contribution in [-0.4, -0.2) is 16.1 Å². The number of benzene rings is 1. The second-order valence-electron chi connectivity index (χ2n) is 5.66. The lowest BCUT2D eigenvalue weighted by Gasteiger charge is -2.19. The van der Waals surface area contributed by atoms with E-state index in [4.69, 9.17) is 0 Å². The Morgan fingerprint density at radius 1 is 1.24 bits per heavy atom. The highest BCUT2D eigenvalue weighted by Crippen LogP contribution is 2.31. The molecule has 1 unspecified atom stereocenters. The molecule has 4 heteroatoms. The van der Waals surface area contributed by atoms with Gasteiger partial charge in [-0.05, 0) is 41.5 Å². The summed E-state index contributed by atoms with van der Waals surface area (Å²) in [7, 11) is 0. The van der Waals surface area contributed by atoms with E-state index in [1.807, 2.05) is 0 Å². The number of aryl methyl sites for hydroxylation is 1. The maximum Gasteiger partial charge on any atom is 0.0832 e. The fraction of sp³-hybridized carbons (Fsp3) is 0.529. The molecule has 114 valence electrons. The van der Waals surface area contributed by atoms with Crippen molar-refractivity contribution in [2.24, 2.45) is 0 Å². The van der Waals surface area contributed by atoms with E-state index in [0.717, 1.165) is 18.7 Å². The molecule has 2 rings (SSSR count). The Hall–Kier alpha value is -1.26. The Morgan fingerprint density at radius 2 is 2.05 bits per heavy atom. The van der Waals surface area contributed by atoms with Gasteiger partial charge in [-0.25, -0.2) is 0 Å². The lowest BCUT2D eigenvalue weighted by molar-refractivity contribution is 0.625. The number of aromatic nitrogens is 2. The summed E-state index contributed by atoms with van der Waals surface area (Å²) in [5.41, 5.74) is 3.84. The summed E-state index contributed by atoms with van der Waals surface area (Å²) in [6.45, 7) is 9.65. The van der Waals surface area contributed by atoms with Gasteiger partial charge in [0.15, 0.2) is 0 Å². The first-order valence-corrected chi connectivity index (χ1v) is 8.59. The van der Waals surface area contributed by atoms with Crippen molar-refractivity contribution in [2.75, 3.05) is 6.54 Å². The third-order valence-corrected chi connectivity index (χ3v) is 4.39. The summed E-state index contributed by atoms with van der Waals surface area (Å²) in [5.74, 6) is 0.402. The van der Waals surface area contributed by atoms with Crippen LogP contribution in [0.25, 0.3) is 0 Å². The van der Waals surface area contributed by atoms with E-state index in [1.54, 1.807) is 0 Å². The second-order valence-corrected chi connectivity index (χ2v) is 6.45. The monoisotopic (exact) mass is 303 g/mol. The molecule has 0 aliphatic rings. The van der Waals surface area contributed by atoms with Gasteiger partial charge in [-0.1, -0.05) is 62.9 Å². The van der Waals surface area contributed by atoms with Crippen molar-refractivity contribution in [3.63, 3.8) is 0 Å². The minimum atomic E-state index is 0.198. The molecule has 0 aliphatic heterocycles. The molecule has 2 aromatic rings. The van der Waals surface area contributed by atoms with Crippen LogP contribution < -0.4 is 5.32 Å². The van der Waals surface area contributed by atoms with E-state index >= 15 is 0 Å². The van der Waals surface area contributed by atoms with Gasteiger partial charge in [0.2, 0.25) is 0 Å². The number of hydrogen-bond acceptors (Lipinski definition) is 4. The zero-order valence-electron chi connectivity index (χ0n) is 13.4. The molecule has 0 bridgehead atoms. The van der Waals surface area contributed by atoms with Crippen LogP contribution >= 0.6 is 11.5 Å². The van der Waals surface area contributed by atoms with E-state index in [0.29, 0.717) is 5.92 Å². The average molecular weight is 303 g/mol. The van der Waals surface area contributed by atoms with Crippen LogP contribution in [0, 0.1) is 0 Å². The Kier molecular flexibility index (Phi) is 5.88. The minimum Gasteiger partial charge on any atom is -0.306 e. The zero-order valence-corrected chi connectivity index (χ0v) is 14.2. The van der Waals surface area contributed by atoms with Crippen LogP contribution in [0.15, 0.2) is 24.3 Å². The molecule has 1 heterocycles. The highest BCUT2D eigenvalue weighted by Gasteiger charge is 2.22. The molecule has 0 amide bonds. The zero-order chi connectivity index (χ0) is 15.2. The number of nitrogens with one attached hydrogen (secondary N) is 1. The topological polar surface area (TPSA) is 37.8 Å². The van der Waals surface area contributed by atoms with Crippen LogP contribution in [0.1, 0.15) is 67.8 Å². The van der Waals surface area contributed by atoms with Gasteiger partial charge in [0.05, 0.1) is 16.6 Å². The highest BCUT2D eigenvalue weighted by molar-refractivity contribution is 7.05. The van der Waals surface area contributed by atoms with Crippen molar-refractivity contribution < 1.29 is 0 Å². The first kappa shape index (κ1) is 16.1. The largest absolute Gasteiger partial charge is 0.306 e. The first-order chi connectivity index (χ1) is 10.2. The number of hydrogen-bond donors (Lipinski definition) is 1. The molecule has 0 fully saturated rings. The fourth-order valence-electron chi connectivity index (χ4n) is 2.59. The standard InChI is InChI=1S/C17H25N3S/c1-5-8-13-9-7-10-14(11-13)16(18-6-2)17-15(12(3)4)19-20-21-17/h7,9-12,16,18H,5-6,8H2,1-4H3. The quantitative estimate of drug-likeness (QED) is 0.828. The Balaban J connectivity index is 2.38. The van der Waals surface area contributed by atoms with Gasteiger partial charge in [-0.3, -0.25) is 0 Å². The van der Waals surface area contributed by atoms with Crippen LogP contribution in [0.2, 0.25) is 0 Å². The maximum absolute atomic E-state index is 4.33. The van der Waals surface area contributed by atoms with Gasteiger partial charge >= 0.3 is 0 Å². The molecular weight excluding hydrogens is 278 g/mol. The van der Waals surface area contributed by atoms with Crippen molar-refractivity contribution >= 4 is 11.5 Å². The van der Waals surface area contributed by atoms with Crippen molar-refractivity contribution in [2.45, 2.75) is 52.5 Å².